The number of aryl methyl sites for hydroxylation is 1. The van der Waals surface area contributed by atoms with Crippen molar-refractivity contribution in [1.29, 1.82) is 0 Å². The number of carbonyl (C=O) groups is 1. The highest BCUT2D eigenvalue weighted by Gasteiger charge is 2.23. The topological polar surface area (TPSA) is 53.4 Å². The van der Waals surface area contributed by atoms with E-state index in [2.05, 4.69) is 22.3 Å². The fraction of sp³-hybridized carbons (Fsp3) is 0.667. The molecule has 0 saturated carbocycles. The van der Waals surface area contributed by atoms with Crippen LogP contribution in [-0.4, -0.2) is 41.1 Å². The number of likely N-dealkylation sites (tertiary alicyclic amines) is 1. The van der Waals surface area contributed by atoms with Gasteiger partial charge >= 0.3 is 5.97 Å². The maximum Gasteiger partial charge on any atom is 0.303 e. The van der Waals surface area contributed by atoms with E-state index in [4.69, 9.17) is 5.11 Å². The van der Waals surface area contributed by atoms with Gasteiger partial charge in [0, 0.05) is 24.3 Å². The van der Waals surface area contributed by atoms with Gasteiger partial charge in [0.1, 0.15) is 0 Å². The molecule has 0 spiro atoms. The smallest absolute Gasteiger partial charge is 0.303 e. The van der Waals surface area contributed by atoms with E-state index in [1.165, 1.54) is 12.1 Å². The standard InChI is InChI=1S/C12H18N2O2S/c1-14-6-5-9(7-14)10-8-17-11(13-10)3-2-4-12(15)16/h8-9H,2-7H2,1H3,(H,15,16). The van der Waals surface area contributed by atoms with Crippen molar-refractivity contribution < 1.29 is 9.90 Å². The van der Waals surface area contributed by atoms with E-state index in [1.54, 1.807) is 11.3 Å². The van der Waals surface area contributed by atoms with Crippen molar-refractivity contribution in [3.05, 3.63) is 16.1 Å². The van der Waals surface area contributed by atoms with Gasteiger partial charge in [0.15, 0.2) is 0 Å². The van der Waals surface area contributed by atoms with Gasteiger partial charge in [-0.2, -0.15) is 0 Å². The minimum absolute atomic E-state index is 0.237. The molecule has 1 fully saturated rings. The molecule has 0 radical (unpaired) electrons. The first-order valence-corrected chi connectivity index (χ1v) is 6.88. The Morgan fingerprint density at radius 3 is 3.18 bits per heavy atom. The van der Waals surface area contributed by atoms with Crippen molar-refractivity contribution in [3.63, 3.8) is 0 Å². The number of carboxylic acid groups (broad SMARTS) is 1. The number of aromatic nitrogens is 1. The molecule has 1 atom stereocenters. The Morgan fingerprint density at radius 1 is 1.71 bits per heavy atom. The van der Waals surface area contributed by atoms with Crippen LogP contribution in [0.5, 0.6) is 0 Å². The molecule has 2 rings (SSSR count). The predicted molar refractivity (Wildman–Crippen MR) is 67.5 cm³/mol. The lowest BCUT2D eigenvalue weighted by Crippen LogP contribution is -2.13. The van der Waals surface area contributed by atoms with Gasteiger partial charge in [-0.25, -0.2) is 4.98 Å². The molecule has 0 aliphatic carbocycles. The van der Waals surface area contributed by atoms with Crippen LogP contribution in [0.2, 0.25) is 0 Å². The minimum Gasteiger partial charge on any atom is -0.481 e. The second-order valence-electron chi connectivity index (χ2n) is 4.66. The molecule has 1 saturated heterocycles. The number of hydrogen-bond donors (Lipinski definition) is 1. The van der Waals surface area contributed by atoms with Gasteiger partial charge in [-0.1, -0.05) is 0 Å². The Bertz CT molecular complexity index is 392. The van der Waals surface area contributed by atoms with E-state index in [0.29, 0.717) is 12.3 Å². The summed E-state index contributed by atoms with van der Waals surface area (Å²) in [7, 11) is 2.14. The van der Waals surface area contributed by atoms with Crippen LogP contribution in [-0.2, 0) is 11.2 Å². The molecule has 1 aromatic heterocycles. The third-order valence-corrected chi connectivity index (χ3v) is 4.09. The summed E-state index contributed by atoms with van der Waals surface area (Å²) >= 11 is 1.67. The van der Waals surface area contributed by atoms with Crippen LogP contribution in [0.25, 0.3) is 0 Å². The maximum absolute atomic E-state index is 10.4. The molecule has 0 amide bonds. The monoisotopic (exact) mass is 254 g/mol. The summed E-state index contributed by atoms with van der Waals surface area (Å²) in [6.07, 6.45) is 2.91. The summed E-state index contributed by atoms with van der Waals surface area (Å²) in [6, 6.07) is 0. The Balaban J connectivity index is 1.85. The Hall–Kier alpha value is -0.940. The number of carboxylic acids is 1. The van der Waals surface area contributed by atoms with Crippen LogP contribution in [0.15, 0.2) is 5.38 Å². The Labute approximate surface area is 105 Å². The average Bonchev–Trinajstić information content (AvgIpc) is 2.86. The third-order valence-electron chi connectivity index (χ3n) is 3.16. The summed E-state index contributed by atoms with van der Waals surface area (Å²) in [5, 5.41) is 11.8. The van der Waals surface area contributed by atoms with Crippen LogP contribution >= 0.6 is 11.3 Å². The predicted octanol–water partition coefficient (Wildman–Crippen LogP) is 1.97. The van der Waals surface area contributed by atoms with Crippen molar-refractivity contribution in [1.82, 2.24) is 9.88 Å². The summed E-state index contributed by atoms with van der Waals surface area (Å²) in [4.78, 5) is 17.4. The number of likely N-dealkylation sites (N-methyl/N-ethyl adjacent to an activating group) is 1. The van der Waals surface area contributed by atoms with Crippen molar-refractivity contribution >= 4 is 17.3 Å². The number of rotatable bonds is 5. The van der Waals surface area contributed by atoms with E-state index < -0.39 is 5.97 Å². The van der Waals surface area contributed by atoms with Crippen molar-refractivity contribution in [2.45, 2.75) is 31.6 Å². The Morgan fingerprint density at radius 2 is 2.53 bits per heavy atom. The van der Waals surface area contributed by atoms with Crippen LogP contribution in [0.1, 0.15) is 35.9 Å². The lowest BCUT2D eigenvalue weighted by molar-refractivity contribution is -0.137. The van der Waals surface area contributed by atoms with Gasteiger partial charge in [0.25, 0.3) is 0 Å². The zero-order chi connectivity index (χ0) is 12.3. The van der Waals surface area contributed by atoms with Crippen molar-refractivity contribution in [3.8, 4) is 0 Å². The molecule has 5 heteroatoms. The van der Waals surface area contributed by atoms with Crippen LogP contribution < -0.4 is 0 Å². The molecular weight excluding hydrogens is 236 g/mol. The number of nitrogens with zero attached hydrogens (tertiary/aromatic N) is 2. The minimum atomic E-state index is -0.723. The molecule has 17 heavy (non-hydrogen) atoms. The first kappa shape index (κ1) is 12.5. The number of aliphatic carboxylic acids is 1. The molecule has 0 bridgehead atoms. The molecule has 94 valence electrons. The molecule has 4 nitrogen and oxygen atoms in total. The second-order valence-corrected chi connectivity index (χ2v) is 5.60. The van der Waals surface area contributed by atoms with Gasteiger partial charge in [-0.15, -0.1) is 11.3 Å². The van der Waals surface area contributed by atoms with E-state index >= 15 is 0 Å². The van der Waals surface area contributed by atoms with E-state index in [9.17, 15) is 4.79 Å². The fourth-order valence-corrected chi connectivity index (χ4v) is 3.12. The first-order chi connectivity index (χ1) is 8.15. The van der Waals surface area contributed by atoms with Crippen molar-refractivity contribution in [2.24, 2.45) is 0 Å². The largest absolute Gasteiger partial charge is 0.481 e. The highest BCUT2D eigenvalue weighted by Crippen LogP contribution is 2.27. The van der Waals surface area contributed by atoms with E-state index in [0.717, 1.165) is 24.5 Å². The lowest BCUT2D eigenvalue weighted by Gasteiger charge is -2.06. The lowest BCUT2D eigenvalue weighted by atomic mass is 10.1. The summed E-state index contributed by atoms with van der Waals surface area (Å²) < 4.78 is 0. The summed E-state index contributed by atoms with van der Waals surface area (Å²) in [5.41, 5.74) is 1.20. The second kappa shape index (κ2) is 5.60. The molecule has 1 aromatic rings. The summed E-state index contributed by atoms with van der Waals surface area (Å²) in [6.45, 7) is 2.24. The zero-order valence-electron chi connectivity index (χ0n) is 10.1. The highest BCUT2D eigenvalue weighted by molar-refractivity contribution is 7.09. The van der Waals surface area contributed by atoms with E-state index in [-0.39, 0.29) is 6.42 Å². The van der Waals surface area contributed by atoms with Gasteiger partial charge in [-0.3, -0.25) is 4.79 Å². The fourth-order valence-electron chi connectivity index (χ4n) is 2.19. The average molecular weight is 254 g/mol. The first-order valence-electron chi connectivity index (χ1n) is 6.00. The van der Waals surface area contributed by atoms with E-state index in [1.807, 2.05) is 0 Å². The van der Waals surface area contributed by atoms with Crippen molar-refractivity contribution in [2.75, 3.05) is 20.1 Å². The highest BCUT2D eigenvalue weighted by atomic mass is 32.1. The molecule has 1 aliphatic rings. The molecule has 1 unspecified atom stereocenters. The van der Waals surface area contributed by atoms with Crippen LogP contribution in [0, 0.1) is 0 Å². The SMILES string of the molecule is CN1CCC(c2csc(CCCC(=O)O)n2)C1. The van der Waals surface area contributed by atoms with Gasteiger partial charge < -0.3 is 10.0 Å². The molecule has 0 aromatic carbocycles. The quantitative estimate of drug-likeness (QED) is 0.873. The molecule has 1 N–H and O–H groups in total. The number of hydrogen-bond acceptors (Lipinski definition) is 4. The third kappa shape index (κ3) is 3.51. The molecule has 2 heterocycles. The molecule has 1 aliphatic heterocycles. The van der Waals surface area contributed by atoms with Gasteiger partial charge in [-0.05, 0) is 32.9 Å². The van der Waals surface area contributed by atoms with Gasteiger partial charge in [0.05, 0.1) is 10.7 Å². The van der Waals surface area contributed by atoms with Crippen LogP contribution in [0.4, 0.5) is 0 Å². The number of thiazole rings is 1. The maximum atomic E-state index is 10.4. The zero-order valence-corrected chi connectivity index (χ0v) is 10.9. The van der Waals surface area contributed by atoms with Gasteiger partial charge in [0.2, 0.25) is 0 Å². The normalized spacial score (nSPS) is 20.9. The van der Waals surface area contributed by atoms with Crippen LogP contribution in [0.3, 0.4) is 0 Å². The molecular formula is C12H18N2O2S. The summed E-state index contributed by atoms with van der Waals surface area (Å²) in [5.74, 6) is -0.149. The Kier molecular flexibility index (Phi) is 4.12.